The van der Waals surface area contributed by atoms with Crippen LogP contribution in [0.25, 0.3) is 0 Å². The van der Waals surface area contributed by atoms with Crippen LogP contribution in [-0.2, 0) is 33.6 Å². The third-order valence-electron chi connectivity index (χ3n) is 4.74. The summed E-state index contributed by atoms with van der Waals surface area (Å²) in [5.74, 6) is -8.08. The SMILES string of the molecule is CC(=O)N[C@@H](CC(C)C)C(=O)N[C@@H](CCC(=O)O)C(=O)N[C@H](C(=O)N[C@@H](CC(=O)O)C(=O)O)[C@@H](C)O. The summed E-state index contributed by atoms with van der Waals surface area (Å²) >= 11 is 0. The molecule has 0 unspecified atom stereocenters. The monoisotopic (exact) mass is 518 g/mol. The number of aliphatic hydroxyl groups excluding tert-OH is 1. The topological polar surface area (TPSA) is 249 Å². The molecule has 0 fully saturated rings. The average Bonchev–Trinajstić information content (AvgIpc) is 2.71. The number of nitrogens with one attached hydrogen (secondary N) is 4. The number of hydrogen-bond donors (Lipinski definition) is 8. The van der Waals surface area contributed by atoms with Gasteiger partial charge in [-0.2, -0.15) is 0 Å². The highest BCUT2D eigenvalue weighted by Crippen LogP contribution is 2.08. The largest absolute Gasteiger partial charge is 0.481 e. The van der Waals surface area contributed by atoms with Crippen LogP contribution >= 0.6 is 0 Å². The number of rotatable bonds is 16. The molecule has 5 atom stereocenters. The van der Waals surface area contributed by atoms with E-state index in [2.05, 4.69) is 16.0 Å². The van der Waals surface area contributed by atoms with E-state index in [1.165, 1.54) is 6.92 Å². The molecule has 4 amide bonds. The summed E-state index contributed by atoms with van der Waals surface area (Å²) < 4.78 is 0. The number of carboxylic acids is 3. The van der Waals surface area contributed by atoms with Crippen molar-refractivity contribution < 1.29 is 54.0 Å². The molecular weight excluding hydrogens is 484 g/mol. The van der Waals surface area contributed by atoms with Gasteiger partial charge in [0.2, 0.25) is 23.6 Å². The summed E-state index contributed by atoms with van der Waals surface area (Å²) in [5, 5.41) is 45.7. The zero-order valence-electron chi connectivity index (χ0n) is 20.4. The molecule has 0 heterocycles. The van der Waals surface area contributed by atoms with Gasteiger partial charge < -0.3 is 41.7 Å². The Morgan fingerprint density at radius 1 is 0.694 bits per heavy atom. The molecule has 0 aromatic rings. The Bertz CT molecular complexity index is 844. The average molecular weight is 519 g/mol. The Balaban J connectivity index is 5.72. The Kier molecular flexibility index (Phi) is 13.7. The Hall–Kier alpha value is -3.75. The van der Waals surface area contributed by atoms with Crippen molar-refractivity contribution in [3.8, 4) is 0 Å². The maximum atomic E-state index is 12.9. The number of hydrogen-bond acceptors (Lipinski definition) is 8. The first kappa shape index (κ1) is 32.2. The van der Waals surface area contributed by atoms with Crippen molar-refractivity contribution in [1.82, 2.24) is 21.3 Å². The minimum atomic E-state index is -1.86. The van der Waals surface area contributed by atoms with Crippen LogP contribution in [0.15, 0.2) is 0 Å². The van der Waals surface area contributed by atoms with Crippen molar-refractivity contribution in [2.45, 2.75) is 83.6 Å². The molecule has 0 spiro atoms. The van der Waals surface area contributed by atoms with Crippen molar-refractivity contribution in [3.05, 3.63) is 0 Å². The lowest BCUT2D eigenvalue weighted by atomic mass is 10.0. The van der Waals surface area contributed by atoms with E-state index in [9.17, 15) is 38.7 Å². The third-order valence-corrected chi connectivity index (χ3v) is 4.74. The zero-order chi connectivity index (χ0) is 28.2. The van der Waals surface area contributed by atoms with Gasteiger partial charge in [-0.05, 0) is 25.7 Å². The molecule has 0 aromatic heterocycles. The summed E-state index contributed by atoms with van der Waals surface area (Å²) in [6.07, 6.45) is -3.32. The summed E-state index contributed by atoms with van der Waals surface area (Å²) in [4.78, 5) is 82.7. The van der Waals surface area contributed by atoms with Gasteiger partial charge in [0.1, 0.15) is 24.2 Å². The summed E-state index contributed by atoms with van der Waals surface area (Å²) in [5.41, 5.74) is 0. The lowest BCUT2D eigenvalue weighted by Crippen LogP contribution is -2.60. The van der Waals surface area contributed by atoms with Crippen molar-refractivity contribution in [2.75, 3.05) is 0 Å². The van der Waals surface area contributed by atoms with E-state index >= 15 is 0 Å². The molecule has 0 rings (SSSR count). The van der Waals surface area contributed by atoms with Gasteiger partial charge in [-0.1, -0.05) is 13.8 Å². The fraction of sp³-hybridized carbons (Fsp3) is 0.667. The first-order valence-corrected chi connectivity index (χ1v) is 11.1. The van der Waals surface area contributed by atoms with E-state index in [0.29, 0.717) is 0 Å². The molecule has 0 aliphatic rings. The number of carboxylic acid groups (broad SMARTS) is 3. The number of aliphatic carboxylic acids is 3. The van der Waals surface area contributed by atoms with Crippen LogP contribution in [0.3, 0.4) is 0 Å². The third kappa shape index (κ3) is 12.6. The molecule has 15 heteroatoms. The van der Waals surface area contributed by atoms with Gasteiger partial charge in [0.05, 0.1) is 12.5 Å². The van der Waals surface area contributed by atoms with Gasteiger partial charge in [-0.3, -0.25) is 28.8 Å². The number of aliphatic hydroxyl groups is 1. The molecule has 0 bridgehead atoms. The maximum Gasteiger partial charge on any atom is 0.326 e. The highest BCUT2D eigenvalue weighted by Gasteiger charge is 2.34. The zero-order valence-corrected chi connectivity index (χ0v) is 20.4. The van der Waals surface area contributed by atoms with E-state index in [1.54, 1.807) is 13.8 Å². The number of amides is 4. The standard InChI is InChI=1S/C21H34N4O11/c1-9(2)7-13(22-11(4)27)19(33)23-12(5-6-15(28)29)18(32)25-17(10(3)26)20(34)24-14(21(35)36)8-16(30)31/h9-10,12-14,17,26H,5-8H2,1-4H3,(H,22,27)(H,23,33)(H,24,34)(H,25,32)(H,28,29)(H,30,31)(H,35,36)/t10-,12+,13+,14+,17+/m1/s1. The van der Waals surface area contributed by atoms with Gasteiger partial charge in [-0.25, -0.2) is 4.79 Å². The first-order chi connectivity index (χ1) is 16.5. The van der Waals surface area contributed by atoms with Crippen LogP contribution in [0.1, 0.15) is 53.4 Å². The second-order valence-electron chi connectivity index (χ2n) is 8.60. The minimum Gasteiger partial charge on any atom is -0.481 e. The van der Waals surface area contributed by atoms with Gasteiger partial charge in [0.15, 0.2) is 0 Å². The number of carbonyl (C=O) groups is 7. The summed E-state index contributed by atoms with van der Waals surface area (Å²) in [6.45, 7) is 5.86. The molecule has 0 aliphatic heterocycles. The Labute approximate surface area is 207 Å². The second kappa shape index (κ2) is 15.3. The van der Waals surface area contributed by atoms with Crippen LogP contribution in [-0.4, -0.2) is 92.2 Å². The van der Waals surface area contributed by atoms with Crippen molar-refractivity contribution in [1.29, 1.82) is 0 Å². The predicted molar refractivity (Wildman–Crippen MR) is 121 cm³/mol. The lowest BCUT2D eigenvalue weighted by Gasteiger charge is -2.27. The molecule has 0 saturated heterocycles. The first-order valence-electron chi connectivity index (χ1n) is 11.1. The summed E-state index contributed by atoms with van der Waals surface area (Å²) in [7, 11) is 0. The van der Waals surface area contributed by atoms with Crippen molar-refractivity contribution in [3.63, 3.8) is 0 Å². The fourth-order valence-corrected chi connectivity index (χ4v) is 3.05. The molecular formula is C21H34N4O11. The van der Waals surface area contributed by atoms with Gasteiger partial charge in [-0.15, -0.1) is 0 Å². The van der Waals surface area contributed by atoms with E-state index in [1.807, 2.05) is 5.32 Å². The fourth-order valence-electron chi connectivity index (χ4n) is 3.05. The van der Waals surface area contributed by atoms with E-state index in [-0.39, 0.29) is 12.3 Å². The van der Waals surface area contributed by atoms with Crippen LogP contribution in [0.5, 0.6) is 0 Å². The van der Waals surface area contributed by atoms with Crippen molar-refractivity contribution >= 4 is 41.5 Å². The Morgan fingerprint density at radius 3 is 1.64 bits per heavy atom. The molecule has 0 aromatic carbocycles. The summed E-state index contributed by atoms with van der Waals surface area (Å²) in [6, 6.07) is -6.16. The van der Waals surface area contributed by atoms with Crippen LogP contribution < -0.4 is 21.3 Å². The van der Waals surface area contributed by atoms with Crippen LogP contribution in [0, 0.1) is 5.92 Å². The van der Waals surface area contributed by atoms with Gasteiger partial charge in [0, 0.05) is 13.3 Å². The smallest absolute Gasteiger partial charge is 0.326 e. The predicted octanol–water partition coefficient (Wildman–Crippen LogP) is -2.20. The number of carbonyl (C=O) groups excluding carboxylic acids is 4. The van der Waals surface area contributed by atoms with Crippen LogP contribution in [0.2, 0.25) is 0 Å². The van der Waals surface area contributed by atoms with E-state index in [4.69, 9.17) is 15.3 Å². The van der Waals surface area contributed by atoms with Gasteiger partial charge in [0.25, 0.3) is 0 Å². The highest BCUT2D eigenvalue weighted by atomic mass is 16.4. The molecule has 15 nitrogen and oxygen atoms in total. The molecule has 0 radical (unpaired) electrons. The minimum absolute atomic E-state index is 0.0322. The molecule has 8 N–H and O–H groups in total. The second-order valence-corrected chi connectivity index (χ2v) is 8.60. The van der Waals surface area contributed by atoms with E-state index in [0.717, 1.165) is 6.92 Å². The Morgan fingerprint density at radius 2 is 1.22 bits per heavy atom. The van der Waals surface area contributed by atoms with Gasteiger partial charge >= 0.3 is 17.9 Å². The molecule has 204 valence electrons. The van der Waals surface area contributed by atoms with Crippen molar-refractivity contribution in [2.24, 2.45) is 5.92 Å². The molecule has 0 saturated carbocycles. The highest BCUT2D eigenvalue weighted by molar-refractivity contribution is 5.95. The lowest BCUT2D eigenvalue weighted by molar-refractivity contribution is -0.148. The quantitative estimate of drug-likeness (QED) is 0.109. The van der Waals surface area contributed by atoms with Crippen LogP contribution in [0.4, 0.5) is 0 Å². The maximum absolute atomic E-state index is 12.9. The molecule has 0 aliphatic carbocycles. The molecule has 36 heavy (non-hydrogen) atoms. The normalized spacial score (nSPS) is 14.9. The van der Waals surface area contributed by atoms with E-state index < -0.39 is 91.1 Å².